The molecule has 1 fully saturated rings. The molecule has 6 heteroatoms. The van der Waals surface area contributed by atoms with Crippen LogP contribution in [-0.2, 0) is 13.9 Å². The highest BCUT2D eigenvalue weighted by Gasteiger charge is 2.50. The third kappa shape index (κ3) is 4.22. The lowest BCUT2D eigenvalue weighted by Gasteiger charge is -2.43. The average Bonchev–Trinajstić information content (AvgIpc) is 3.17. The fraction of sp³-hybridized carbons (Fsp3) is 0.455. The minimum absolute atomic E-state index is 0.127. The van der Waals surface area contributed by atoms with Crippen LogP contribution in [0.5, 0.6) is 0 Å². The first-order valence-electron chi connectivity index (χ1n) is 9.69. The summed E-state index contributed by atoms with van der Waals surface area (Å²) < 4.78 is 18.2. The van der Waals surface area contributed by atoms with Crippen LogP contribution in [0.15, 0.2) is 60.7 Å². The van der Waals surface area contributed by atoms with E-state index < -0.39 is 26.8 Å². The molecular weight excluding hydrogens is 372 g/mol. The smallest absolute Gasteiger partial charge is 0.261 e. The molecule has 0 aromatic heterocycles. The van der Waals surface area contributed by atoms with Crippen LogP contribution in [0.3, 0.4) is 0 Å². The van der Waals surface area contributed by atoms with Gasteiger partial charge in [-0.1, -0.05) is 81.4 Å². The van der Waals surface area contributed by atoms with Crippen molar-refractivity contribution in [3.05, 3.63) is 60.7 Å². The zero-order chi connectivity index (χ0) is 20.2. The molecule has 152 valence electrons. The van der Waals surface area contributed by atoms with E-state index in [1.165, 1.54) is 10.4 Å². The Morgan fingerprint density at radius 2 is 1.57 bits per heavy atom. The van der Waals surface area contributed by atoms with Crippen molar-refractivity contribution in [1.29, 1.82) is 0 Å². The van der Waals surface area contributed by atoms with E-state index >= 15 is 0 Å². The molecular formula is C22H30O5Si. The number of benzene rings is 2. The van der Waals surface area contributed by atoms with Crippen LogP contribution in [0.2, 0.25) is 5.04 Å². The highest BCUT2D eigenvalue weighted by molar-refractivity contribution is 6.99. The third-order valence-electron chi connectivity index (χ3n) is 5.24. The SMILES string of the molecule is CC(C)(C)[Si](OC[C@@H]1OC[C@H](C(O)CO)O1)(c1ccccc1)c1ccccc1. The number of hydrogen-bond donors (Lipinski definition) is 2. The molecule has 1 unspecified atom stereocenters. The van der Waals surface area contributed by atoms with E-state index in [-0.39, 0.29) is 24.9 Å². The van der Waals surface area contributed by atoms with Gasteiger partial charge in [0.15, 0.2) is 6.29 Å². The van der Waals surface area contributed by atoms with Gasteiger partial charge in [0.1, 0.15) is 12.2 Å². The van der Waals surface area contributed by atoms with Crippen LogP contribution in [-0.4, -0.2) is 56.8 Å². The molecule has 1 saturated heterocycles. The fourth-order valence-electron chi connectivity index (χ4n) is 3.84. The standard InChI is InChI=1S/C22H30O5Si/c1-22(2,3)28(17-10-6-4-7-11-17,18-12-8-5-9-13-18)26-16-21-25-15-20(27-21)19(24)14-23/h4-13,19-21,23-24H,14-16H2,1-3H3/t19?,20-,21-/m1/s1. The molecule has 0 saturated carbocycles. The van der Waals surface area contributed by atoms with Gasteiger partial charge in [-0.25, -0.2) is 0 Å². The van der Waals surface area contributed by atoms with E-state index in [1.54, 1.807) is 0 Å². The molecule has 0 spiro atoms. The summed E-state index contributed by atoms with van der Waals surface area (Å²) in [6.07, 6.45) is -2.04. The van der Waals surface area contributed by atoms with Crippen molar-refractivity contribution < 1.29 is 24.1 Å². The first kappa shape index (κ1) is 21.2. The van der Waals surface area contributed by atoms with Crippen LogP contribution in [0.4, 0.5) is 0 Å². The molecule has 0 bridgehead atoms. The summed E-state index contributed by atoms with van der Waals surface area (Å²) in [7, 11) is -2.65. The van der Waals surface area contributed by atoms with Crippen molar-refractivity contribution in [2.75, 3.05) is 19.8 Å². The quantitative estimate of drug-likeness (QED) is 0.690. The second kappa shape index (κ2) is 8.86. The summed E-state index contributed by atoms with van der Waals surface area (Å²) in [6.45, 7) is 6.81. The summed E-state index contributed by atoms with van der Waals surface area (Å²) >= 11 is 0. The van der Waals surface area contributed by atoms with E-state index in [2.05, 4.69) is 45.0 Å². The van der Waals surface area contributed by atoms with Gasteiger partial charge >= 0.3 is 0 Å². The Morgan fingerprint density at radius 1 is 1.04 bits per heavy atom. The fourth-order valence-corrected chi connectivity index (χ4v) is 8.38. The van der Waals surface area contributed by atoms with Crippen molar-refractivity contribution in [2.24, 2.45) is 0 Å². The first-order valence-corrected chi connectivity index (χ1v) is 11.6. The largest absolute Gasteiger partial charge is 0.402 e. The van der Waals surface area contributed by atoms with Crippen LogP contribution >= 0.6 is 0 Å². The van der Waals surface area contributed by atoms with E-state index in [0.717, 1.165) is 0 Å². The van der Waals surface area contributed by atoms with Gasteiger partial charge in [0.05, 0.1) is 19.8 Å². The normalized spacial score (nSPS) is 21.6. The van der Waals surface area contributed by atoms with Crippen molar-refractivity contribution in [1.82, 2.24) is 0 Å². The molecule has 3 rings (SSSR count). The topological polar surface area (TPSA) is 68.2 Å². The molecule has 1 aliphatic heterocycles. The molecule has 0 radical (unpaired) electrons. The predicted octanol–water partition coefficient (Wildman–Crippen LogP) is 1.66. The minimum atomic E-state index is -2.65. The Kier molecular flexibility index (Phi) is 6.70. The predicted molar refractivity (Wildman–Crippen MR) is 111 cm³/mol. The number of aliphatic hydroxyl groups is 2. The Bertz CT molecular complexity index is 692. The molecule has 0 aliphatic carbocycles. The molecule has 2 aromatic carbocycles. The van der Waals surface area contributed by atoms with E-state index in [9.17, 15) is 5.11 Å². The molecule has 3 atom stereocenters. The van der Waals surface area contributed by atoms with Crippen LogP contribution in [0.25, 0.3) is 0 Å². The zero-order valence-electron chi connectivity index (χ0n) is 16.7. The zero-order valence-corrected chi connectivity index (χ0v) is 17.7. The molecule has 1 aliphatic rings. The molecule has 28 heavy (non-hydrogen) atoms. The van der Waals surface area contributed by atoms with Gasteiger partial charge in [0, 0.05) is 0 Å². The molecule has 2 aromatic rings. The minimum Gasteiger partial charge on any atom is -0.402 e. The lowest BCUT2D eigenvalue weighted by Crippen LogP contribution is -2.67. The summed E-state index contributed by atoms with van der Waals surface area (Å²) in [5.74, 6) is 0. The third-order valence-corrected chi connectivity index (χ3v) is 10.2. The van der Waals surface area contributed by atoms with E-state index in [0.29, 0.717) is 0 Å². The van der Waals surface area contributed by atoms with Crippen LogP contribution < -0.4 is 10.4 Å². The van der Waals surface area contributed by atoms with Gasteiger partial charge in [0.2, 0.25) is 0 Å². The van der Waals surface area contributed by atoms with Crippen molar-refractivity contribution in [2.45, 2.75) is 44.3 Å². The highest BCUT2D eigenvalue weighted by Crippen LogP contribution is 2.37. The summed E-state index contributed by atoms with van der Waals surface area (Å²) in [6, 6.07) is 20.8. The van der Waals surface area contributed by atoms with Gasteiger partial charge in [0.25, 0.3) is 8.32 Å². The van der Waals surface area contributed by atoms with Gasteiger partial charge in [-0.3, -0.25) is 0 Å². The maximum absolute atomic E-state index is 9.80. The lowest BCUT2D eigenvalue weighted by molar-refractivity contribution is -0.106. The second-order valence-electron chi connectivity index (χ2n) is 8.16. The van der Waals surface area contributed by atoms with Gasteiger partial charge < -0.3 is 24.1 Å². The molecule has 5 nitrogen and oxygen atoms in total. The molecule has 1 heterocycles. The van der Waals surface area contributed by atoms with Crippen molar-refractivity contribution >= 4 is 18.7 Å². The molecule has 2 N–H and O–H groups in total. The second-order valence-corrected chi connectivity index (χ2v) is 12.5. The number of hydrogen-bond acceptors (Lipinski definition) is 5. The Balaban J connectivity index is 1.91. The number of ether oxygens (including phenoxy) is 2. The highest BCUT2D eigenvalue weighted by atomic mass is 28.4. The van der Waals surface area contributed by atoms with Crippen molar-refractivity contribution in [3.63, 3.8) is 0 Å². The Hall–Kier alpha value is -1.54. The maximum Gasteiger partial charge on any atom is 0.261 e. The van der Waals surface area contributed by atoms with Crippen molar-refractivity contribution in [3.8, 4) is 0 Å². The van der Waals surface area contributed by atoms with Crippen LogP contribution in [0.1, 0.15) is 20.8 Å². The van der Waals surface area contributed by atoms with Gasteiger partial charge in [-0.15, -0.1) is 0 Å². The Labute approximate surface area is 168 Å². The van der Waals surface area contributed by atoms with Gasteiger partial charge in [-0.2, -0.15) is 0 Å². The maximum atomic E-state index is 9.80. The van der Waals surface area contributed by atoms with Crippen LogP contribution in [0, 0.1) is 0 Å². The van der Waals surface area contributed by atoms with E-state index in [4.69, 9.17) is 19.0 Å². The number of rotatable bonds is 7. The lowest BCUT2D eigenvalue weighted by atomic mass is 10.2. The summed E-state index contributed by atoms with van der Waals surface area (Å²) in [5.41, 5.74) is 0. The average molecular weight is 403 g/mol. The summed E-state index contributed by atoms with van der Waals surface area (Å²) in [4.78, 5) is 0. The monoisotopic (exact) mass is 402 g/mol. The first-order chi connectivity index (χ1) is 13.4. The van der Waals surface area contributed by atoms with Gasteiger partial charge in [-0.05, 0) is 15.4 Å². The van der Waals surface area contributed by atoms with E-state index in [1.807, 2.05) is 36.4 Å². The number of aliphatic hydroxyl groups excluding tert-OH is 2. The Morgan fingerprint density at radius 3 is 2.04 bits per heavy atom. The molecule has 0 amide bonds. The summed E-state index contributed by atoms with van der Waals surface area (Å²) in [5, 5.41) is 21.2.